The Bertz CT molecular complexity index is 980. The van der Waals surface area contributed by atoms with Gasteiger partial charge in [-0.05, 0) is 37.0 Å². The molecule has 0 radical (unpaired) electrons. The van der Waals surface area contributed by atoms with E-state index in [0.29, 0.717) is 37.9 Å². The van der Waals surface area contributed by atoms with Crippen LogP contribution in [-0.4, -0.2) is 76.9 Å². The molecular weight excluding hydrogens is 457 g/mol. The molecule has 2 saturated heterocycles. The van der Waals surface area contributed by atoms with Crippen LogP contribution in [0.5, 0.6) is 0 Å². The van der Waals surface area contributed by atoms with Crippen molar-refractivity contribution in [3.8, 4) is 0 Å². The molecule has 3 aliphatic heterocycles. The Kier molecular flexibility index (Phi) is 6.68. The molecule has 0 bridgehead atoms. The fourth-order valence-corrected chi connectivity index (χ4v) is 4.73. The molecule has 1 aromatic carbocycles. The van der Waals surface area contributed by atoms with Crippen molar-refractivity contribution < 1.29 is 42.1 Å². The van der Waals surface area contributed by atoms with Gasteiger partial charge in [0.25, 0.3) is 0 Å². The van der Waals surface area contributed by atoms with Gasteiger partial charge < -0.3 is 14.6 Å². The van der Waals surface area contributed by atoms with Crippen LogP contribution >= 0.6 is 0 Å². The number of nitrogens with zero attached hydrogens (tertiary/aromatic N) is 2. The van der Waals surface area contributed by atoms with Crippen molar-refractivity contribution in [2.75, 3.05) is 26.2 Å². The summed E-state index contributed by atoms with van der Waals surface area (Å²) in [6, 6.07) is 4.29. The molecule has 184 valence electrons. The highest BCUT2D eigenvalue weighted by Crippen LogP contribution is 2.36. The summed E-state index contributed by atoms with van der Waals surface area (Å²) in [6.07, 6.45) is -2.98. The first kappa shape index (κ1) is 24.2. The number of esters is 2. The second kappa shape index (κ2) is 9.38. The number of benzene rings is 1. The first-order valence-electron chi connectivity index (χ1n) is 11.1. The number of aliphatic hydroxyl groups excluding tert-OH is 1. The Morgan fingerprint density at radius 2 is 1.79 bits per heavy atom. The molecular formula is C23H25F3N2O6. The number of rotatable bonds is 4. The third-order valence-electron chi connectivity index (χ3n) is 6.33. The van der Waals surface area contributed by atoms with E-state index in [2.05, 4.69) is 0 Å². The summed E-state index contributed by atoms with van der Waals surface area (Å²) in [5.41, 5.74) is -2.08. The van der Waals surface area contributed by atoms with Crippen LogP contribution in [0, 0.1) is 0 Å². The lowest BCUT2D eigenvalue weighted by Crippen LogP contribution is -2.69. The predicted octanol–water partition coefficient (Wildman–Crippen LogP) is 1.66. The van der Waals surface area contributed by atoms with Crippen LogP contribution in [0.15, 0.2) is 36.4 Å². The number of carbonyl (C=O) groups excluding carboxylic acids is 3. The fraction of sp³-hybridized carbons (Fsp3) is 0.522. The minimum atomic E-state index is -4.49. The van der Waals surface area contributed by atoms with Gasteiger partial charge in [0.05, 0.1) is 24.6 Å². The maximum Gasteiger partial charge on any atom is 0.416 e. The number of β-amino-alcohol motifs (C(OH)–C–C–N with tert-alkyl or cyclic N) is 1. The summed E-state index contributed by atoms with van der Waals surface area (Å²) in [7, 11) is 0. The quantitative estimate of drug-likeness (QED) is 0.652. The van der Waals surface area contributed by atoms with Gasteiger partial charge in [0, 0.05) is 31.8 Å². The number of ether oxygens (including phenoxy) is 2. The number of aliphatic hydroxyl groups is 1. The van der Waals surface area contributed by atoms with E-state index in [0.717, 1.165) is 24.3 Å². The molecule has 2 fully saturated rings. The standard InChI is InChI=1S/C23H25F3N2O6/c24-23(25,26)16-5-3-15(4-6-16)12-19(30)28-10-1-2-18-22(28,14-27-11-9-17(29)13-27)34-21(32)8-7-20(31)33-18/h3-8,17-18,29H,1-2,9-14H2/b8-7+. The SMILES string of the molecule is O=C1/C=C/C(=O)OC2(CN3CCC(O)C3)C(CCCN2C(=O)Cc2ccc(C(F)(F)F)cc2)O1. The van der Waals surface area contributed by atoms with Crippen molar-refractivity contribution in [3.63, 3.8) is 0 Å². The topological polar surface area (TPSA) is 96.4 Å². The van der Waals surface area contributed by atoms with Crippen molar-refractivity contribution in [3.05, 3.63) is 47.5 Å². The minimum absolute atomic E-state index is 0.0281. The Hall–Kier alpha value is -2.92. The Labute approximate surface area is 193 Å². The summed E-state index contributed by atoms with van der Waals surface area (Å²) < 4.78 is 50.0. The Morgan fingerprint density at radius 1 is 1.09 bits per heavy atom. The molecule has 0 aromatic heterocycles. The van der Waals surface area contributed by atoms with E-state index in [-0.39, 0.29) is 19.5 Å². The van der Waals surface area contributed by atoms with Crippen LogP contribution in [0.4, 0.5) is 13.2 Å². The molecule has 8 nitrogen and oxygen atoms in total. The maximum atomic E-state index is 13.4. The first-order chi connectivity index (χ1) is 16.1. The largest absolute Gasteiger partial charge is 0.453 e. The van der Waals surface area contributed by atoms with Gasteiger partial charge in [0.1, 0.15) is 0 Å². The third-order valence-corrected chi connectivity index (χ3v) is 6.33. The van der Waals surface area contributed by atoms with Crippen LogP contribution in [0.3, 0.4) is 0 Å². The maximum absolute atomic E-state index is 13.4. The van der Waals surface area contributed by atoms with Crippen molar-refractivity contribution in [2.45, 2.75) is 49.8 Å². The number of carbonyl (C=O) groups is 3. The van der Waals surface area contributed by atoms with E-state index in [1.165, 1.54) is 17.0 Å². The zero-order valence-corrected chi connectivity index (χ0v) is 18.3. The van der Waals surface area contributed by atoms with Gasteiger partial charge >= 0.3 is 18.1 Å². The second-order valence-corrected chi connectivity index (χ2v) is 8.76. The van der Waals surface area contributed by atoms with Crippen molar-refractivity contribution >= 4 is 17.8 Å². The van der Waals surface area contributed by atoms with Crippen molar-refractivity contribution in [1.82, 2.24) is 9.80 Å². The monoisotopic (exact) mass is 482 g/mol. The lowest BCUT2D eigenvalue weighted by Gasteiger charge is -2.51. The number of hydrogen-bond donors (Lipinski definition) is 1. The molecule has 11 heteroatoms. The molecule has 3 heterocycles. The molecule has 0 aliphatic carbocycles. The molecule has 4 rings (SSSR count). The van der Waals surface area contributed by atoms with Crippen LogP contribution in [0.2, 0.25) is 0 Å². The highest BCUT2D eigenvalue weighted by atomic mass is 19.4. The average molecular weight is 482 g/mol. The zero-order chi connectivity index (χ0) is 24.5. The summed E-state index contributed by atoms with van der Waals surface area (Å²) in [5, 5.41) is 9.96. The van der Waals surface area contributed by atoms with Gasteiger partial charge in [0.15, 0.2) is 6.10 Å². The third kappa shape index (κ3) is 5.10. The molecule has 0 spiro atoms. The lowest BCUT2D eigenvalue weighted by atomic mass is 9.92. The summed E-state index contributed by atoms with van der Waals surface area (Å²) in [4.78, 5) is 41.3. The van der Waals surface area contributed by atoms with E-state index in [4.69, 9.17) is 9.47 Å². The van der Waals surface area contributed by atoms with E-state index >= 15 is 0 Å². The highest BCUT2D eigenvalue weighted by Gasteiger charge is 2.55. The van der Waals surface area contributed by atoms with Crippen LogP contribution in [0.1, 0.15) is 30.4 Å². The van der Waals surface area contributed by atoms with Gasteiger partial charge in [-0.25, -0.2) is 9.59 Å². The number of hydrogen-bond acceptors (Lipinski definition) is 7. The van der Waals surface area contributed by atoms with Crippen molar-refractivity contribution in [1.29, 1.82) is 0 Å². The van der Waals surface area contributed by atoms with Crippen LogP contribution < -0.4 is 0 Å². The molecule has 3 unspecified atom stereocenters. The Balaban J connectivity index is 1.64. The van der Waals surface area contributed by atoms with E-state index in [1.807, 2.05) is 4.90 Å². The van der Waals surface area contributed by atoms with E-state index in [9.17, 15) is 32.7 Å². The Morgan fingerprint density at radius 3 is 2.44 bits per heavy atom. The predicted molar refractivity (Wildman–Crippen MR) is 111 cm³/mol. The summed E-state index contributed by atoms with van der Waals surface area (Å²) in [5.74, 6) is -2.02. The zero-order valence-electron chi connectivity index (χ0n) is 18.3. The number of amides is 1. The number of halogens is 3. The molecule has 1 amide bonds. The molecule has 1 N–H and O–H groups in total. The molecule has 3 aliphatic rings. The van der Waals surface area contributed by atoms with Gasteiger partial charge in [-0.1, -0.05) is 12.1 Å². The smallest absolute Gasteiger partial charge is 0.416 e. The number of fused-ring (bicyclic) bond motifs is 1. The minimum Gasteiger partial charge on any atom is -0.453 e. The highest BCUT2D eigenvalue weighted by molar-refractivity contribution is 5.93. The number of piperidine rings is 1. The summed E-state index contributed by atoms with van der Waals surface area (Å²) >= 11 is 0. The number of likely N-dealkylation sites (tertiary alicyclic amines) is 2. The molecule has 34 heavy (non-hydrogen) atoms. The van der Waals surface area contributed by atoms with Crippen molar-refractivity contribution in [2.24, 2.45) is 0 Å². The lowest BCUT2D eigenvalue weighted by molar-refractivity contribution is -0.236. The van der Waals surface area contributed by atoms with E-state index in [1.54, 1.807) is 0 Å². The average Bonchev–Trinajstić information content (AvgIpc) is 3.17. The normalized spacial score (nSPS) is 29.0. The van der Waals surface area contributed by atoms with Crippen LogP contribution in [0.25, 0.3) is 0 Å². The fourth-order valence-electron chi connectivity index (χ4n) is 4.73. The molecule has 0 saturated carbocycles. The molecule has 3 atom stereocenters. The van der Waals surface area contributed by atoms with Gasteiger partial charge in [-0.3, -0.25) is 14.6 Å². The van der Waals surface area contributed by atoms with Gasteiger partial charge in [-0.2, -0.15) is 13.2 Å². The number of alkyl halides is 3. The van der Waals surface area contributed by atoms with Gasteiger partial charge in [0.2, 0.25) is 11.6 Å². The van der Waals surface area contributed by atoms with Gasteiger partial charge in [-0.15, -0.1) is 0 Å². The first-order valence-corrected chi connectivity index (χ1v) is 11.1. The van der Waals surface area contributed by atoms with Crippen LogP contribution in [-0.2, 0) is 36.5 Å². The second-order valence-electron chi connectivity index (χ2n) is 8.76. The molecule has 1 aromatic rings. The van der Waals surface area contributed by atoms with E-state index < -0.39 is 47.5 Å². The summed E-state index contributed by atoms with van der Waals surface area (Å²) in [6.45, 7) is 1.04.